The fourth-order valence-electron chi connectivity index (χ4n) is 2.56. The number of aryl methyl sites for hydroxylation is 1. The number of para-hydroxylation sites is 2. The highest BCUT2D eigenvalue weighted by Crippen LogP contribution is 2.30. The van der Waals surface area contributed by atoms with Gasteiger partial charge in [-0.1, -0.05) is 18.2 Å². The summed E-state index contributed by atoms with van der Waals surface area (Å²) in [6.45, 7) is 1.87. The Labute approximate surface area is 139 Å². The number of hydrogen-bond acceptors (Lipinski definition) is 3. The van der Waals surface area contributed by atoms with Crippen LogP contribution in [-0.4, -0.2) is 25.0 Å². The van der Waals surface area contributed by atoms with Gasteiger partial charge in [-0.2, -0.15) is 0 Å². The summed E-state index contributed by atoms with van der Waals surface area (Å²) in [5.41, 5.74) is 1.47. The first kappa shape index (κ1) is 16.0. The molecule has 0 spiro atoms. The molecule has 2 aromatic rings. The summed E-state index contributed by atoms with van der Waals surface area (Å²) in [7, 11) is 0. The monoisotopic (exact) mass is 328 g/mol. The molecule has 0 fully saturated rings. The molecule has 0 unspecified atom stereocenters. The fourth-order valence-corrected chi connectivity index (χ4v) is 2.56. The minimum absolute atomic E-state index is 0.104. The average molecular weight is 328 g/mol. The second kappa shape index (κ2) is 6.70. The first-order valence-corrected chi connectivity index (χ1v) is 7.63. The summed E-state index contributed by atoms with van der Waals surface area (Å²) in [4.78, 5) is 25.9. The topological polar surface area (TPSA) is 58.6 Å². The molecule has 5 nitrogen and oxygen atoms in total. The van der Waals surface area contributed by atoms with Gasteiger partial charge in [0.25, 0.3) is 0 Å². The van der Waals surface area contributed by atoms with E-state index in [9.17, 15) is 14.0 Å². The molecule has 0 bridgehead atoms. The molecule has 24 heavy (non-hydrogen) atoms. The Bertz CT molecular complexity index is 792. The van der Waals surface area contributed by atoms with Gasteiger partial charge in [-0.3, -0.25) is 14.5 Å². The molecular formula is C18H17FN2O3. The first-order valence-electron chi connectivity index (χ1n) is 7.63. The molecule has 1 heterocycles. The molecule has 1 aliphatic rings. The van der Waals surface area contributed by atoms with Gasteiger partial charge in [0.15, 0.2) is 0 Å². The zero-order valence-electron chi connectivity index (χ0n) is 13.2. The first-order chi connectivity index (χ1) is 11.5. The number of amides is 2. The van der Waals surface area contributed by atoms with Crippen LogP contribution in [0.5, 0.6) is 5.75 Å². The molecule has 0 saturated carbocycles. The van der Waals surface area contributed by atoms with Crippen LogP contribution in [0.1, 0.15) is 12.0 Å². The number of benzene rings is 2. The molecule has 2 amide bonds. The Kier molecular flexibility index (Phi) is 4.46. The van der Waals surface area contributed by atoms with Gasteiger partial charge in [-0.15, -0.1) is 0 Å². The zero-order chi connectivity index (χ0) is 17.1. The lowest BCUT2D eigenvalue weighted by Crippen LogP contribution is -2.37. The van der Waals surface area contributed by atoms with Crippen LogP contribution in [0.25, 0.3) is 0 Å². The van der Waals surface area contributed by atoms with Crippen LogP contribution in [0.3, 0.4) is 0 Å². The van der Waals surface area contributed by atoms with Crippen LogP contribution >= 0.6 is 0 Å². The number of nitrogens with one attached hydrogen (secondary N) is 1. The molecule has 124 valence electrons. The van der Waals surface area contributed by atoms with Crippen LogP contribution in [-0.2, 0) is 9.59 Å². The van der Waals surface area contributed by atoms with Gasteiger partial charge in [-0.05, 0) is 36.8 Å². The van der Waals surface area contributed by atoms with Crippen LogP contribution in [0.4, 0.5) is 15.8 Å². The van der Waals surface area contributed by atoms with E-state index in [2.05, 4.69) is 5.32 Å². The minimum Gasteiger partial charge on any atom is -0.491 e. The maximum absolute atomic E-state index is 13.8. The number of ether oxygens (including phenoxy) is 1. The standard InChI is InChI=1S/C18H17FN2O3/c1-12-6-7-13(19)14(10-12)20-17(22)11-21-15-4-2-3-5-16(15)24-9-8-18(21)23/h2-7,10H,8-9,11H2,1H3,(H,20,22). The number of carbonyl (C=O) groups is 2. The predicted octanol–water partition coefficient (Wildman–Crippen LogP) is 2.89. The molecule has 0 aromatic heterocycles. The Hall–Kier alpha value is -2.89. The number of anilines is 2. The van der Waals surface area contributed by atoms with Crippen LogP contribution in [0.15, 0.2) is 42.5 Å². The number of carbonyl (C=O) groups excluding carboxylic acids is 2. The quantitative estimate of drug-likeness (QED) is 0.942. The Morgan fingerprint density at radius 1 is 1.29 bits per heavy atom. The fraction of sp³-hybridized carbons (Fsp3) is 0.222. The van der Waals surface area contributed by atoms with Gasteiger partial charge in [0.05, 0.1) is 24.4 Å². The highest BCUT2D eigenvalue weighted by Gasteiger charge is 2.25. The van der Waals surface area contributed by atoms with Gasteiger partial charge < -0.3 is 10.1 Å². The van der Waals surface area contributed by atoms with Crippen molar-refractivity contribution in [3.8, 4) is 5.75 Å². The SMILES string of the molecule is Cc1ccc(F)c(NC(=O)CN2C(=O)CCOc3ccccc32)c1. The third-order valence-electron chi connectivity index (χ3n) is 3.73. The van der Waals surface area contributed by atoms with E-state index in [0.717, 1.165) is 5.56 Å². The van der Waals surface area contributed by atoms with Crippen molar-refractivity contribution in [3.63, 3.8) is 0 Å². The Morgan fingerprint density at radius 2 is 2.08 bits per heavy atom. The van der Waals surface area contributed by atoms with E-state index in [1.54, 1.807) is 43.3 Å². The summed E-state index contributed by atoms with van der Waals surface area (Å²) >= 11 is 0. The number of halogens is 1. The molecule has 6 heteroatoms. The van der Waals surface area contributed by atoms with Crippen LogP contribution < -0.4 is 15.0 Å². The summed E-state index contributed by atoms with van der Waals surface area (Å²) in [6, 6.07) is 11.5. The summed E-state index contributed by atoms with van der Waals surface area (Å²) in [5, 5.41) is 2.52. The third kappa shape index (κ3) is 3.37. The lowest BCUT2D eigenvalue weighted by Gasteiger charge is -2.21. The van der Waals surface area contributed by atoms with Crippen LogP contribution in [0.2, 0.25) is 0 Å². The largest absolute Gasteiger partial charge is 0.491 e. The maximum atomic E-state index is 13.8. The number of fused-ring (bicyclic) bond motifs is 1. The van der Waals surface area contributed by atoms with Crippen molar-refractivity contribution in [2.75, 3.05) is 23.4 Å². The summed E-state index contributed by atoms with van der Waals surface area (Å²) < 4.78 is 19.3. The predicted molar refractivity (Wildman–Crippen MR) is 88.7 cm³/mol. The zero-order valence-corrected chi connectivity index (χ0v) is 13.2. The highest BCUT2D eigenvalue weighted by molar-refractivity contribution is 6.03. The van der Waals surface area contributed by atoms with Crippen molar-refractivity contribution in [1.82, 2.24) is 0 Å². The third-order valence-corrected chi connectivity index (χ3v) is 3.73. The van der Waals surface area contributed by atoms with Gasteiger partial charge in [-0.25, -0.2) is 4.39 Å². The minimum atomic E-state index is -0.514. The second-order valence-corrected chi connectivity index (χ2v) is 5.58. The van der Waals surface area contributed by atoms with E-state index in [1.807, 2.05) is 0 Å². The molecule has 0 radical (unpaired) electrons. The van der Waals surface area contributed by atoms with Gasteiger partial charge in [0, 0.05) is 0 Å². The molecule has 0 saturated heterocycles. The highest BCUT2D eigenvalue weighted by atomic mass is 19.1. The van der Waals surface area contributed by atoms with E-state index >= 15 is 0 Å². The maximum Gasteiger partial charge on any atom is 0.244 e. The lowest BCUT2D eigenvalue weighted by atomic mass is 10.2. The molecule has 1 N–H and O–H groups in total. The lowest BCUT2D eigenvalue weighted by molar-refractivity contribution is -0.121. The normalized spacial score (nSPS) is 13.8. The molecule has 2 aromatic carbocycles. The van der Waals surface area contributed by atoms with Crippen molar-refractivity contribution in [2.45, 2.75) is 13.3 Å². The number of rotatable bonds is 3. The van der Waals surface area contributed by atoms with E-state index < -0.39 is 11.7 Å². The van der Waals surface area contributed by atoms with Crippen molar-refractivity contribution in [2.24, 2.45) is 0 Å². The average Bonchev–Trinajstić information content (AvgIpc) is 2.71. The van der Waals surface area contributed by atoms with Crippen molar-refractivity contribution < 1.29 is 18.7 Å². The van der Waals surface area contributed by atoms with E-state index in [1.165, 1.54) is 11.0 Å². The summed E-state index contributed by atoms with van der Waals surface area (Å²) in [5.74, 6) is -0.637. The Morgan fingerprint density at radius 3 is 2.92 bits per heavy atom. The molecule has 3 rings (SSSR count). The molecule has 0 atom stereocenters. The van der Waals surface area contributed by atoms with Gasteiger partial charge in [0.1, 0.15) is 18.1 Å². The van der Waals surface area contributed by atoms with Crippen molar-refractivity contribution in [1.29, 1.82) is 0 Å². The van der Waals surface area contributed by atoms with Crippen LogP contribution in [0, 0.1) is 12.7 Å². The van der Waals surface area contributed by atoms with Gasteiger partial charge >= 0.3 is 0 Å². The number of hydrogen-bond donors (Lipinski definition) is 1. The smallest absolute Gasteiger partial charge is 0.244 e. The van der Waals surface area contributed by atoms with Crippen molar-refractivity contribution in [3.05, 3.63) is 53.8 Å². The molecular weight excluding hydrogens is 311 g/mol. The summed E-state index contributed by atoms with van der Waals surface area (Å²) in [6.07, 6.45) is 0.181. The Balaban J connectivity index is 1.80. The second-order valence-electron chi connectivity index (χ2n) is 5.58. The number of nitrogens with zero attached hydrogens (tertiary/aromatic N) is 1. The van der Waals surface area contributed by atoms with Crippen molar-refractivity contribution >= 4 is 23.2 Å². The van der Waals surface area contributed by atoms with E-state index in [-0.39, 0.29) is 31.2 Å². The van der Waals surface area contributed by atoms with E-state index in [4.69, 9.17) is 4.74 Å². The molecule has 1 aliphatic heterocycles. The van der Waals surface area contributed by atoms with E-state index in [0.29, 0.717) is 11.4 Å². The molecule has 0 aliphatic carbocycles. The van der Waals surface area contributed by atoms with Gasteiger partial charge in [0.2, 0.25) is 11.8 Å².